The summed E-state index contributed by atoms with van der Waals surface area (Å²) in [7, 11) is 0. The third-order valence-corrected chi connectivity index (χ3v) is 11.6. The van der Waals surface area contributed by atoms with Crippen LogP contribution in [0.1, 0.15) is 258 Å². The smallest absolute Gasteiger partial charge is 0.306 e. The van der Waals surface area contributed by atoms with Crippen molar-refractivity contribution in [2.45, 2.75) is 264 Å². The van der Waals surface area contributed by atoms with Gasteiger partial charge < -0.3 is 14.2 Å². The molecule has 0 aliphatic rings. The summed E-state index contributed by atoms with van der Waals surface area (Å²) < 4.78 is 16.8. The van der Waals surface area contributed by atoms with Crippen molar-refractivity contribution < 1.29 is 28.6 Å². The Balaban J connectivity index is 4.49. The lowest BCUT2D eigenvalue weighted by Crippen LogP contribution is -2.30. The van der Waals surface area contributed by atoms with Gasteiger partial charge in [-0.05, 0) is 122 Å². The van der Waals surface area contributed by atoms with E-state index in [9.17, 15) is 14.4 Å². The molecule has 0 unspecified atom stereocenters. The van der Waals surface area contributed by atoms with Crippen molar-refractivity contribution in [2.75, 3.05) is 13.2 Å². The summed E-state index contributed by atoms with van der Waals surface area (Å²) in [6, 6.07) is 0. The van der Waals surface area contributed by atoms with E-state index in [0.29, 0.717) is 19.3 Å². The number of ether oxygens (including phenoxy) is 3. The molecule has 0 rings (SSSR count). The van der Waals surface area contributed by atoms with E-state index >= 15 is 0 Å². The van der Waals surface area contributed by atoms with Crippen molar-refractivity contribution in [1.29, 1.82) is 0 Å². The maximum Gasteiger partial charge on any atom is 0.306 e. The van der Waals surface area contributed by atoms with Crippen LogP contribution in [0.25, 0.3) is 0 Å². The SMILES string of the molecule is CCCCC/C=C\C/C=C\C/C=C\CCCCCCC(=O)OC[C@@H](COC(=O)CCCCCCC/C=C\CCCCCCC)OC(=O)CCCCCC/C=C\C/C=C\C/C=C\CCCCC. The highest BCUT2D eigenvalue weighted by Crippen LogP contribution is 2.13. The molecule has 0 amide bonds. The Morgan fingerprint density at radius 1 is 0.303 bits per heavy atom. The van der Waals surface area contributed by atoms with Gasteiger partial charge in [-0.15, -0.1) is 0 Å². The molecule has 0 aromatic heterocycles. The predicted octanol–water partition coefficient (Wildman–Crippen LogP) is 18.4. The van der Waals surface area contributed by atoms with Crippen molar-refractivity contribution in [1.82, 2.24) is 0 Å². The van der Waals surface area contributed by atoms with Crippen LogP contribution < -0.4 is 0 Å². The number of hydrogen-bond acceptors (Lipinski definition) is 6. The summed E-state index contributed by atoms with van der Waals surface area (Å²) in [5, 5.41) is 0. The van der Waals surface area contributed by atoms with E-state index in [1.165, 1.54) is 103 Å². The molecule has 0 spiro atoms. The molecule has 1 atom stereocenters. The van der Waals surface area contributed by atoms with Crippen LogP contribution in [0.15, 0.2) is 85.1 Å². The van der Waals surface area contributed by atoms with E-state index < -0.39 is 6.10 Å². The van der Waals surface area contributed by atoms with Gasteiger partial charge in [0.05, 0.1) is 0 Å². The lowest BCUT2D eigenvalue weighted by molar-refractivity contribution is -0.167. The molecule has 0 aliphatic heterocycles. The molecule has 378 valence electrons. The molecule has 0 aliphatic carbocycles. The lowest BCUT2D eigenvalue weighted by Gasteiger charge is -2.18. The van der Waals surface area contributed by atoms with Crippen molar-refractivity contribution in [3.05, 3.63) is 85.1 Å². The number of carbonyl (C=O) groups is 3. The molecule has 0 aromatic carbocycles. The minimum Gasteiger partial charge on any atom is -0.462 e. The molecule has 0 N–H and O–H groups in total. The summed E-state index contributed by atoms with van der Waals surface area (Å²) in [4.78, 5) is 38.1. The van der Waals surface area contributed by atoms with Crippen LogP contribution in [0.4, 0.5) is 0 Å². The van der Waals surface area contributed by atoms with E-state index in [2.05, 4.69) is 106 Å². The van der Waals surface area contributed by atoms with Gasteiger partial charge in [-0.3, -0.25) is 14.4 Å². The summed E-state index contributed by atoms with van der Waals surface area (Å²) in [5.74, 6) is -0.947. The highest BCUT2D eigenvalue weighted by molar-refractivity contribution is 5.71. The van der Waals surface area contributed by atoms with Gasteiger partial charge in [0.25, 0.3) is 0 Å². The van der Waals surface area contributed by atoms with Crippen molar-refractivity contribution in [2.24, 2.45) is 0 Å². The van der Waals surface area contributed by atoms with Crippen LogP contribution in [0, 0.1) is 0 Å². The molecule has 0 fully saturated rings. The normalized spacial score (nSPS) is 12.7. The van der Waals surface area contributed by atoms with Gasteiger partial charge in [-0.25, -0.2) is 0 Å². The molecule has 0 aromatic rings. The number of carbonyl (C=O) groups excluding carboxylic acids is 3. The maximum absolute atomic E-state index is 12.8. The summed E-state index contributed by atoms with van der Waals surface area (Å²) in [5.41, 5.74) is 0. The van der Waals surface area contributed by atoms with Gasteiger partial charge in [-0.2, -0.15) is 0 Å². The number of esters is 3. The maximum atomic E-state index is 12.8. The van der Waals surface area contributed by atoms with Crippen LogP contribution in [0.5, 0.6) is 0 Å². The number of allylic oxidation sites excluding steroid dienone is 14. The lowest BCUT2D eigenvalue weighted by atomic mass is 10.1. The van der Waals surface area contributed by atoms with Crippen LogP contribution in [0.3, 0.4) is 0 Å². The highest BCUT2D eigenvalue weighted by atomic mass is 16.6. The Kier molecular flexibility index (Phi) is 51.4. The minimum atomic E-state index is -0.801. The van der Waals surface area contributed by atoms with Crippen LogP contribution in [0.2, 0.25) is 0 Å². The first-order chi connectivity index (χ1) is 32.5. The number of hydrogen-bond donors (Lipinski definition) is 0. The van der Waals surface area contributed by atoms with E-state index in [1.54, 1.807) is 0 Å². The second-order valence-electron chi connectivity index (χ2n) is 18.1. The third-order valence-electron chi connectivity index (χ3n) is 11.6. The molecular weight excluding hydrogens is 817 g/mol. The van der Waals surface area contributed by atoms with Gasteiger partial charge in [0.1, 0.15) is 13.2 Å². The summed E-state index contributed by atoms with van der Waals surface area (Å²) in [6.45, 7) is 6.53. The Hall–Kier alpha value is -3.41. The standard InChI is InChI=1S/C60H102O6/c1-4-7-10-13-16-19-22-25-28-30-32-35-38-41-44-47-50-53-59(62)65-56-57(55-64-58(61)52-49-46-43-40-37-34-27-24-21-18-15-12-9-6-3)66-60(63)54-51-48-45-42-39-36-33-31-29-26-23-20-17-14-11-8-5-2/h16-17,19-20,24-29,32-33,35-36,57H,4-15,18,21-23,30-31,34,37-56H2,1-3H3/b19-16-,20-17-,27-24-,28-25-,29-26-,35-32-,36-33-/t57-/m1/s1. The summed E-state index contributed by atoms with van der Waals surface area (Å²) >= 11 is 0. The second-order valence-corrected chi connectivity index (χ2v) is 18.1. The topological polar surface area (TPSA) is 78.9 Å². The minimum absolute atomic E-state index is 0.0977. The molecule has 6 heteroatoms. The van der Waals surface area contributed by atoms with Crippen molar-refractivity contribution in [3.63, 3.8) is 0 Å². The summed E-state index contributed by atoms with van der Waals surface area (Å²) in [6.07, 6.45) is 69.9. The fraction of sp³-hybridized carbons (Fsp3) is 0.717. The van der Waals surface area contributed by atoms with Crippen LogP contribution >= 0.6 is 0 Å². The number of rotatable bonds is 49. The Labute approximate surface area is 407 Å². The highest BCUT2D eigenvalue weighted by Gasteiger charge is 2.19. The zero-order chi connectivity index (χ0) is 47.9. The van der Waals surface area contributed by atoms with E-state index in [1.807, 2.05) is 0 Å². The third kappa shape index (κ3) is 51.6. The Bertz CT molecular complexity index is 1290. The first kappa shape index (κ1) is 62.6. The first-order valence-electron chi connectivity index (χ1n) is 27.6. The first-order valence-corrected chi connectivity index (χ1v) is 27.6. The fourth-order valence-electron chi connectivity index (χ4n) is 7.39. The largest absolute Gasteiger partial charge is 0.462 e. The van der Waals surface area contributed by atoms with E-state index in [-0.39, 0.29) is 31.1 Å². The molecule has 0 radical (unpaired) electrons. The van der Waals surface area contributed by atoms with Gasteiger partial charge >= 0.3 is 17.9 Å². The molecule has 66 heavy (non-hydrogen) atoms. The van der Waals surface area contributed by atoms with Crippen LogP contribution in [-0.2, 0) is 28.6 Å². The number of unbranched alkanes of at least 4 members (excludes halogenated alkanes) is 24. The van der Waals surface area contributed by atoms with Crippen LogP contribution in [-0.4, -0.2) is 37.2 Å². The Morgan fingerprint density at radius 2 is 0.545 bits per heavy atom. The van der Waals surface area contributed by atoms with Gasteiger partial charge in [0.15, 0.2) is 6.10 Å². The van der Waals surface area contributed by atoms with Gasteiger partial charge in [0, 0.05) is 19.3 Å². The quantitative estimate of drug-likeness (QED) is 0.0262. The van der Waals surface area contributed by atoms with E-state index in [0.717, 1.165) is 116 Å². The van der Waals surface area contributed by atoms with Gasteiger partial charge in [-0.1, -0.05) is 202 Å². The molecule has 0 saturated heterocycles. The average Bonchev–Trinajstić information content (AvgIpc) is 3.31. The second kappa shape index (κ2) is 54.2. The molecule has 0 heterocycles. The zero-order valence-corrected chi connectivity index (χ0v) is 43.2. The molecular formula is C60H102O6. The van der Waals surface area contributed by atoms with E-state index in [4.69, 9.17) is 14.2 Å². The monoisotopic (exact) mass is 919 g/mol. The average molecular weight is 919 g/mol. The zero-order valence-electron chi connectivity index (χ0n) is 43.2. The fourth-order valence-corrected chi connectivity index (χ4v) is 7.39. The molecule has 6 nitrogen and oxygen atoms in total. The van der Waals surface area contributed by atoms with Crippen molar-refractivity contribution >= 4 is 17.9 Å². The predicted molar refractivity (Wildman–Crippen MR) is 284 cm³/mol. The Morgan fingerprint density at radius 3 is 0.894 bits per heavy atom. The van der Waals surface area contributed by atoms with Crippen molar-refractivity contribution in [3.8, 4) is 0 Å². The molecule has 0 saturated carbocycles. The molecule has 0 bridgehead atoms. The van der Waals surface area contributed by atoms with Gasteiger partial charge in [0.2, 0.25) is 0 Å².